The number of nitrogens with zero attached hydrogens (tertiary/aromatic N) is 3. The summed E-state index contributed by atoms with van der Waals surface area (Å²) >= 11 is 0. The lowest BCUT2D eigenvalue weighted by molar-refractivity contribution is 0.0733. The Labute approximate surface area is 126 Å². The van der Waals surface area contributed by atoms with E-state index in [1.807, 2.05) is 16.9 Å². The second-order valence-corrected chi connectivity index (χ2v) is 4.42. The van der Waals surface area contributed by atoms with Crippen LogP contribution in [0.25, 0.3) is 0 Å². The van der Waals surface area contributed by atoms with Crippen molar-refractivity contribution in [3.05, 3.63) is 18.5 Å². The third-order valence-electron chi connectivity index (χ3n) is 2.69. The molecule has 0 atom stereocenters. The third-order valence-corrected chi connectivity index (χ3v) is 2.69. The Hall–Kier alpha value is -1.60. The molecule has 7 heteroatoms. The summed E-state index contributed by atoms with van der Waals surface area (Å²) in [5.74, 6) is 0.827. The summed E-state index contributed by atoms with van der Waals surface area (Å²) in [5.41, 5.74) is 0. The SMILES string of the molecule is CCNC(=NCCCn1cccn1)NCCOCCOC. The van der Waals surface area contributed by atoms with Crippen LogP contribution in [0.2, 0.25) is 0 Å². The van der Waals surface area contributed by atoms with Crippen molar-refractivity contribution < 1.29 is 9.47 Å². The Kier molecular flexibility index (Phi) is 10.1. The molecule has 21 heavy (non-hydrogen) atoms. The van der Waals surface area contributed by atoms with Crippen molar-refractivity contribution in [2.75, 3.05) is 46.6 Å². The van der Waals surface area contributed by atoms with E-state index in [-0.39, 0.29) is 0 Å². The summed E-state index contributed by atoms with van der Waals surface area (Å²) < 4.78 is 12.2. The van der Waals surface area contributed by atoms with E-state index in [1.165, 1.54) is 0 Å². The average Bonchev–Trinajstić information content (AvgIpc) is 3.00. The van der Waals surface area contributed by atoms with Crippen LogP contribution in [-0.4, -0.2) is 62.3 Å². The number of hydrogen-bond donors (Lipinski definition) is 2. The standard InChI is InChI=1S/C14H27N5O2/c1-3-15-14(17-8-11-21-13-12-20-2)16-6-4-9-19-10-5-7-18-19/h5,7,10H,3-4,6,8-9,11-13H2,1-2H3,(H2,15,16,17). The van der Waals surface area contributed by atoms with Crippen molar-refractivity contribution in [3.63, 3.8) is 0 Å². The molecule has 1 rings (SSSR count). The number of aliphatic imine (C=N–C) groups is 1. The predicted molar refractivity (Wildman–Crippen MR) is 83.5 cm³/mol. The first-order valence-corrected chi connectivity index (χ1v) is 7.43. The van der Waals surface area contributed by atoms with Crippen molar-refractivity contribution in [2.24, 2.45) is 4.99 Å². The highest BCUT2D eigenvalue weighted by atomic mass is 16.5. The maximum atomic E-state index is 5.40. The van der Waals surface area contributed by atoms with Crippen LogP contribution < -0.4 is 10.6 Å². The van der Waals surface area contributed by atoms with Gasteiger partial charge in [-0.1, -0.05) is 0 Å². The van der Waals surface area contributed by atoms with E-state index in [0.717, 1.165) is 38.6 Å². The highest BCUT2D eigenvalue weighted by Crippen LogP contribution is 1.90. The minimum absolute atomic E-state index is 0.621. The third kappa shape index (κ3) is 9.04. The lowest BCUT2D eigenvalue weighted by Crippen LogP contribution is -2.39. The van der Waals surface area contributed by atoms with Crippen LogP contribution in [0, 0.1) is 0 Å². The van der Waals surface area contributed by atoms with E-state index in [0.29, 0.717) is 19.8 Å². The Morgan fingerprint density at radius 2 is 2.19 bits per heavy atom. The highest BCUT2D eigenvalue weighted by molar-refractivity contribution is 5.79. The number of guanidine groups is 1. The van der Waals surface area contributed by atoms with E-state index in [2.05, 4.69) is 27.6 Å². The molecule has 7 nitrogen and oxygen atoms in total. The van der Waals surface area contributed by atoms with Crippen LogP contribution in [0.4, 0.5) is 0 Å². The van der Waals surface area contributed by atoms with Gasteiger partial charge in [-0.05, 0) is 19.4 Å². The average molecular weight is 297 g/mol. The van der Waals surface area contributed by atoms with E-state index in [4.69, 9.17) is 9.47 Å². The van der Waals surface area contributed by atoms with Crippen LogP contribution >= 0.6 is 0 Å². The van der Waals surface area contributed by atoms with Crippen molar-refractivity contribution in [1.82, 2.24) is 20.4 Å². The molecule has 0 bridgehead atoms. The molecule has 0 aliphatic heterocycles. The van der Waals surface area contributed by atoms with E-state index in [9.17, 15) is 0 Å². The van der Waals surface area contributed by atoms with E-state index in [1.54, 1.807) is 13.3 Å². The molecule has 0 fully saturated rings. The molecule has 0 aliphatic rings. The maximum absolute atomic E-state index is 5.40. The second-order valence-electron chi connectivity index (χ2n) is 4.42. The number of hydrogen-bond acceptors (Lipinski definition) is 4. The summed E-state index contributed by atoms with van der Waals surface area (Å²) in [6.45, 7) is 7.16. The first-order valence-electron chi connectivity index (χ1n) is 7.43. The first-order chi connectivity index (χ1) is 10.4. The number of methoxy groups -OCH3 is 1. The number of nitrogens with one attached hydrogen (secondary N) is 2. The van der Waals surface area contributed by atoms with Gasteiger partial charge in [0.2, 0.25) is 0 Å². The fourth-order valence-corrected chi connectivity index (χ4v) is 1.68. The van der Waals surface area contributed by atoms with Crippen LogP contribution in [0.3, 0.4) is 0 Å². The monoisotopic (exact) mass is 297 g/mol. The van der Waals surface area contributed by atoms with Gasteiger partial charge < -0.3 is 20.1 Å². The van der Waals surface area contributed by atoms with Crippen LogP contribution in [0.15, 0.2) is 23.5 Å². The number of ether oxygens (including phenoxy) is 2. The number of rotatable bonds is 11. The zero-order valence-corrected chi connectivity index (χ0v) is 13.0. The molecule has 0 radical (unpaired) electrons. The van der Waals surface area contributed by atoms with E-state index < -0.39 is 0 Å². The second kappa shape index (κ2) is 12.2. The molecule has 1 aromatic rings. The van der Waals surface area contributed by atoms with Crippen molar-refractivity contribution >= 4 is 5.96 Å². The van der Waals surface area contributed by atoms with Gasteiger partial charge in [0.1, 0.15) is 0 Å². The fraction of sp³-hybridized carbons (Fsp3) is 0.714. The molecular weight excluding hydrogens is 270 g/mol. The quantitative estimate of drug-likeness (QED) is 0.353. The number of aryl methyl sites for hydroxylation is 1. The summed E-state index contributed by atoms with van der Waals surface area (Å²) in [5, 5.41) is 10.6. The molecular formula is C14H27N5O2. The van der Waals surface area contributed by atoms with Crippen LogP contribution in [0.1, 0.15) is 13.3 Å². The molecule has 0 aromatic carbocycles. The van der Waals surface area contributed by atoms with Gasteiger partial charge in [0.25, 0.3) is 0 Å². The van der Waals surface area contributed by atoms with Crippen molar-refractivity contribution in [2.45, 2.75) is 19.9 Å². The molecule has 2 N–H and O–H groups in total. The zero-order valence-electron chi connectivity index (χ0n) is 13.0. The molecule has 0 aliphatic carbocycles. The van der Waals surface area contributed by atoms with Crippen molar-refractivity contribution in [3.8, 4) is 0 Å². The Morgan fingerprint density at radius 1 is 1.29 bits per heavy atom. The fourth-order valence-electron chi connectivity index (χ4n) is 1.68. The van der Waals surface area contributed by atoms with Gasteiger partial charge in [-0.3, -0.25) is 9.67 Å². The zero-order chi connectivity index (χ0) is 15.2. The molecule has 0 spiro atoms. The molecule has 0 unspecified atom stereocenters. The summed E-state index contributed by atoms with van der Waals surface area (Å²) in [6.07, 6.45) is 4.71. The maximum Gasteiger partial charge on any atom is 0.191 e. The number of aromatic nitrogens is 2. The Bertz CT molecular complexity index is 367. The molecule has 0 saturated heterocycles. The van der Waals surface area contributed by atoms with Gasteiger partial charge in [0.05, 0.1) is 19.8 Å². The molecule has 0 saturated carbocycles. The van der Waals surface area contributed by atoms with Gasteiger partial charge in [0, 0.05) is 45.7 Å². The first kappa shape index (κ1) is 17.5. The smallest absolute Gasteiger partial charge is 0.191 e. The van der Waals surface area contributed by atoms with Gasteiger partial charge >= 0.3 is 0 Å². The van der Waals surface area contributed by atoms with Gasteiger partial charge in [-0.15, -0.1) is 0 Å². The minimum Gasteiger partial charge on any atom is -0.382 e. The Balaban J connectivity index is 2.13. The largest absolute Gasteiger partial charge is 0.382 e. The lowest BCUT2D eigenvalue weighted by Gasteiger charge is -2.11. The van der Waals surface area contributed by atoms with E-state index >= 15 is 0 Å². The highest BCUT2D eigenvalue weighted by Gasteiger charge is 1.97. The normalized spacial score (nSPS) is 11.6. The molecule has 120 valence electrons. The summed E-state index contributed by atoms with van der Waals surface area (Å²) in [4.78, 5) is 4.52. The Morgan fingerprint density at radius 3 is 2.90 bits per heavy atom. The molecule has 1 aromatic heterocycles. The van der Waals surface area contributed by atoms with Gasteiger partial charge in [-0.25, -0.2) is 0 Å². The lowest BCUT2D eigenvalue weighted by atomic mass is 10.4. The predicted octanol–water partition coefficient (Wildman–Crippen LogP) is 0.491. The van der Waals surface area contributed by atoms with Crippen molar-refractivity contribution in [1.29, 1.82) is 0 Å². The van der Waals surface area contributed by atoms with Gasteiger partial charge in [0.15, 0.2) is 5.96 Å². The molecule has 1 heterocycles. The van der Waals surface area contributed by atoms with Gasteiger partial charge in [-0.2, -0.15) is 5.10 Å². The van der Waals surface area contributed by atoms with Crippen LogP contribution in [-0.2, 0) is 16.0 Å². The topological polar surface area (TPSA) is 72.7 Å². The molecule has 0 amide bonds. The summed E-state index contributed by atoms with van der Waals surface area (Å²) in [6, 6.07) is 1.93. The minimum atomic E-state index is 0.621. The van der Waals surface area contributed by atoms with Crippen LogP contribution in [0.5, 0.6) is 0 Å². The summed E-state index contributed by atoms with van der Waals surface area (Å²) in [7, 11) is 1.67.